The van der Waals surface area contributed by atoms with Gasteiger partial charge in [-0.25, -0.2) is 9.78 Å². The number of thiazole rings is 1. The highest BCUT2D eigenvalue weighted by Gasteiger charge is 2.27. The van der Waals surface area contributed by atoms with Crippen LogP contribution in [-0.4, -0.2) is 21.0 Å². The van der Waals surface area contributed by atoms with Crippen LogP contribution in [0.1, 0.15) is 41.8 Å². The molecule has 5 heteroatoms. The summed E-state index contributed by atoms with van der Waals surface area (Å²) < 4.78 is 0. The maximum atomic E-state index is 11.3. The first-order chi connectivity index (χ1) is 8.79. The van der Waals surface area contributed by atoms with E-state index in [-0.39, 0.29) is 5.41 Å². The minimum Gasteiger partial charge on any atom is -0.477 e. The van der Waals surface area contributed by atoms with Gasteiger partial charge in [0.05, 0.1) is 5.69 Å². The van der Waals surface area contributed by atoms with Crippen LogP contribution in [0.25, 0.3) is 10.6 Å². The van der Waals surface area contributed by atoms with Gasteiger partial charge in [-0.3, -0.25) is 4.98 Å². The smallest absolute Gasteiger partial charge is 0.347 e. The molecule has 2 rings (SSSR count). The molecule has 0 radical (unpaired) electrons. The normalized spacial score (nSPS) is 11.6. The van der Waals surface area contributed by atoms with Crippen molar-refractivity contribution < 1.29 is 9.90 Å². The molecule has 0 saturated heterocycles. The number of aryl methyl sites for hydroxylation is 1. The monoisotopic (exact) mass is 276 g/mol. The summed E-state index contributed by atoms with van der Waals surface area (Å²) in [5.74, 6) is -0.922. The number of rotatable bonds is 2. The van der Waals surface area contributed by atoms with E-state index in [2.05, 4.69) is 9.97 Å². The fourth-order valence-corrected chi connectivity index (χ4v) is 2.80. The summed E-state index contributed by atoms with van der Waals surface area (Å²) in [7, 11) is 0. The molecule has 0 saturated carbocycles. The molecule has 2 heterocycles. The van der Waals surface area contributed by atoms with Crippen molar-refractivity contribution in [3.8, 4) is 10.6 Å². The van der Waals surface area contributed by atoms with E-state index in [1.54, 1.807) is 6.20 Å². The molecular weight excluding hydrogens is 260 g/mol. The van der Waals surface area contributed by atoms with Crippen molar-refractivity contribution in [1.29, 1.82) is 0 Å². The van der Waals surface area contributed by atoms with Crippen molar-refractivity contribution in [3.05, 3.63) is 34.6 Å². The molecular formula is C14H16N2O2S. The lowest BCUT2D eigenvalue weighted by Crippen LogP contribution is -2.16. The number of hydrogen-bond acceptors (Lipinski definition) is 4. The van der Waals surface area contributed by atoms with E-state index >= 15 is 0 Å². The van der Waals surface area contributed by atoms with Crippen molar-refractivity contribution in [3.63, 3.8) is 0 Å². The number of carbonyl (C=O) groups is 1. The average Bonchev–Trinajstić information content (AvgIpc) is 2.74. The number of hydrogen-bond donors (Lipinski definition) is 1. The van der Waals surface area contributed by atoms with E-state index in [9.17, 15) is 9.90 Å². The lowest BCUT2D eigenvalue weighted by atomic mass is 9.91. The van der Waals surface area contributed by atoms with Gasteiger partial charge in [0.25, 0.3) is 0 Å². The second kappa shape index (κ2) is 4.74. The molecule has 0 aromatic carbocycles. The molecule has 2 aromatic rings. The maximum absolute atomic E-state index is 11.3. The molecule has 2 aromatic heterocycles. The van der Waals surface area contributed by atoms with Crippen molar-refractivity contribution in [1.82, 2.24) is 9.97 Å². The summed E-state index contributed by atoms with van der Waals surface area (Å²) in [4.78, 5) is 20.4. The zero-order valence-corrected chi connectivity index (χ0v) is 12.2. The minimum absolute atomic E-state index is 0.291. The van der Waals surface area contributed by atoms with Crippen LogP contribution in [0.4, 0.5) is 0 Å². The van der Waals surface area contributed by atoms with Gasteiger partial charge < -0.3 is 5.11 Å². The van der Waals surface area contributed by atoms with E-state index in [4.69, 9.17) is 0 Å². The first-order valence-electron chi connectivity index (χ1n) is 5.96. The summed E-state index contributed by atoms with van der Waals surface area (Å²) in [6.07, 6.45) is 1.73. The molecule has 1 N–H and O–H groups in total. The highest BCUT2D eigenvalue weighted by atomic mass is 32.1. The second-order valence-corrected chi connectivity index (χ2v) is 6.44. The van der Waals surface area contributed by atoms with Crippen molar-refractivity contribution >= 4 is 17.3 Å². The quantitative estimate of drug-likeness (QED) is 0.911. The fraction of sp³-hybridized carbons (Fsp3) is 0.357. The van der Waals surface area contributed by atoms with E-state index in [1.807, 2.05) is 39.8 Å². The minimum atomic E-state index is -0.922. The molecule has 19 heavy (non-hydrogen) atoms. The predicted octanol–water partition coefficient (Wildman–Crippen LogP) is 3.51. The van der Waals surface area contributed by atoms with Crippen molar-refractivity contribution in [2.75, 3.05) is 0 Å². The first kappa shape index (κ1) is 13.7. The second-order valence-electron chi connectivity index (χ2n) is 5.44. The van der Waals surface area contributed by atoms with Gasteiger partial charge >= 0.3 is 5.97 Å². The number of aromatic carboxylic acids is 1. The van der Waals surface area contributed by atoms with Gasteiger partial charge in [0.15, 0.2) is 0 Å². The van der Waals surface area contributed by atoms with Crippen LogP contribution in [-0.2, 0) is 5.41 Å². The lowest BCUT2D eigenvalue weighted by Gasteiger charge is -2.15. The van der Waals surface area contributed by atoms with Crippen LogP contribution in [0.3, 0.4) is 0 Å². The Morgan fingerprint density at radius 2 is 2.00 bits per heavy atom. The Morgan fingerprint density at radius 1 is 1.32 bits per heavy atom. The zero-order valence-electron chi connectivity index (χ0n) is 11.4. The number of nitrogens with zero attached hydrogens (tertiary/aromatic N) is 2. The number of aromatic nitrogens is 2. The molecule has 0 fully saturated rings. The highest BCUT2D eigenvalue weighted by Crippen LogP contribution is 2.34. The SMILES string of the molecule is Cc1ccc(-c2nc(C(C)(C)C)c(C(=O)O)s2)cn1. The standard InChI is InChI=1S/C14H16N2O2S/c1-8-5-6-9(7-15-8)12-16-11(14(2,3)4)10(19-12)13(17)18/h5-7H,1-4H3,(H,17,18). The molecule has 0 aliphatic rings. The Kier molecular flexibility index (Phi) is 3.41. The van der Waals surface area contributed by atoms with E-state index < -0.39 is 5.97 Å². The summed E-state index contributed by atoms with van der Waals surface area (Å²) in [5.41, 5.74) is 2.12. The number of carboxylic acids is 1. The van der Waals surface area contributed by atoms with Gasteiger partial charge in [0.2, 0.25) is 0 Å². The average molecular weight is 276 g/mol. The van der Waals surface area contributed by atoms with Crippen LogP contribution in [0, 0.1) is 6.92 Å². The summed E-state index contributed by atoms with van der Waals surface area (Å²) in [5, 5.41) is 9.99. The third-order valence-corrected chi connectivity index (χ3v) is 3.78. The molecule has 0 spiro atoms. The summed E-state index contributed by atoms with van der Waals surface area (Å²) >= 11 is 1.20. The Morgan fingerprint density at radius 3 is 2.42 bits per heavy atom. The largest absolute Gasteiger partial charge is 0.477 e. The van der Waals surface area contributed by atoms with E-state index in [1.165, 1.54) is 11.3 Å². The van der Waals surface area contributed by atoms with Crippen LogP contribution in [0.15, 0.2) is 18.3 Å². The third kappa shape index (κ3) is 2.81. The third-order valence-electron chi connectivity index (χ3n) is 2.69. The van der Waals surface area contributed by atoms with Gasteiger partial charge in [-0.15, -0.1) is 11.3 Å². The molecule has 4 nitrogen and oxygen atoms in total. The van der Waals surface area contributed by atoms with Crippen molar-refractivity contribution in [2.24, 2.45) is 0 Å². The first-order valence-corrected chi connectivity index (χ1v) is 6.78. The highest BCUT2D eigenvalue weighted by molar-refractivity contribution is 7.17. The Labute approximate surface area is 116 Å². The molecule has 0 atom stereocenters. The molecule has 0 aliphatic carbocycles. The Balaban J connectivity index is 2.55. The van der Waals surface area contributed by atoms with Gasteiger partial charge in [0.1, 0.15) is 9.88 Å². The molecule has 0 amide bonds. The van der Waals surface area contributed by atoms with Gasteiger partial charge in [-0.1, -0.05) is 20.8 Å². The fourth-order valence-electron chi connectivity index (χ4n) is 1.69. The lowest BCUT2D eigenvalue weighted by molar-refractivity contribution is 0.0699. The maximum Gasteiger partial charge on any atom is 0.347 e. The summed E-state index contributed by atoms with van der Waals surface area (Å²) in [6, 6.07) is 3.81. The van der Waals surface area contributed by atoms with Crippen LogP contribution >= 0.6 is 11.3 Å². The Hall–Kier alpha value is -1.75. The van der Waals surface area contributed by atoms with Crippen molar-refractivity contribution in [2.45, 2.75) is 33.1 Å². The zero-order chi connectivity index (χ0) is 14.2. The van der Waals surface area contributed by atoms with E-state index in [0.717, 1.165) is 11.3 Å². The summed E-state index contributed by atoms with van der Waals surface area (Å²) in [6.45, 7) is 7.80. The molecule has 0 unspecified atom stereocenters. The Bertz CT molecular complexity index is 609. The topological polar surface area (TPSA) is 63.1 Å². The van der Waals surface area contributed by atoms with Crippen LogP contribution < -0.4 is 0 Å². The van der Waals surface area contributed by atoms with Crippen LogP contribution in [0.2, 0.25) is 0 Å². The van der Waals surface area contributed by atoms with Gasteiger partial charge in [-0.2, -0.15) is 0 Å². The predicted molar refractivity (Wildman–Crippen MR) is 75.7 cm³/mol. The van der Waals surface area contributed by atoms with Gasteiger partial charge in [0, 0.05) is 22.9 Å². The number of carboxylic acid groups (broad SMARTS) is 1. The van der Waals surface area contributed by atoms with Crippen LogP contribution in [0.5, 0.6) is 0 Å². The molecule has 0 aliphatic heterocycles. The molecule has 100 valence electrons. The van der Waals surface area contributed by atoms with Gasteiger partial charge in [-0.05, 0) is 19.1 Å². The molecule has 0 bridgehead atoms. The number of pyridine rings is 1. The van der Waals surface area contributed by atoms with E-state index in [0.29, 0.717) is 15.6 Å².